The Hall–Kier alpha value is -7.18. The van der Waals surface area contributed by atoms with E-state index in [0.717, 1.165) is 42.2 Å². The predicted molar refractivity (Wildman–Crippen MR) is 258 cm³/mol. The number of rotatable bonds is 12. The molecule has 10 rings (SSSR count). The van der Waals surface area contributed by atoms with E-state index in [-0.39, 0.29) is 32.6 Å². The lowest BCUT2D eigenvalue weighted by Gasteiger charge is -2.21. The average Bonchev–Trinajstić information content (AvgIpc) is 3.89. The Kier molecular flexibility index (Phi) is 11.4. The number of hydrogen-bond acceptors (Lipinski definition) is 13. The Morgan fingerprint density at radius 1 is 0.508 bits per heavy atom. The molecule has 0 fully saturated rings. The zero-order chi connectivity index (χ0) is 44.6. The van der Waals surface area contributed by atoms with Crippen molar-refractivity contribution < 1.29 is 22.4 Å². The van der Waals surface area contributed by atoms with Crippen molar-refractivity contribution in [3.63, 3.8) is 0 Å². The molecule has 0 aliphatic carbocycles. The maximum atomic E-state index is 13.0. The van der Waals surface area contributed by atoms with Gasteiger partial charge in [0.2, 0.25) is 0 Å². The molecule has 2 atom stereocenters. The summed E-state index contributed by atoms with van der Waals surface area (Å²) < 4.78 is 33.9. The highest BCUT2D eigenvalue weighted by Crippen LogP contribution is 2.32. The first kappa shape index (κ1) is 41.8. The molecule has 0 aliphatic heterocycles. The molecule has 4 heterocycles. The van der Waals surface area contributed by atoms with Crippen molar-refractivity contribution >= 4 is 89.6 Å². The molecule has 2 N–H and O–H groups in total. The Balaban J connectivity index is 0.878. The molecule has 0 saturated heterocycles. The highest BCUT2D eigenvalue weighted by Gasteiger charge is 2.24. The normalized spacial score (nSPS) is 12.3. The van der Waals surface area contributed by atoms with Gasteiger partial charge in [-0.1, -0.05) is 92.5 Å². The number of hydrogen-bond donors (Lipinski definition) is 2. The summed E-state index contributed by atoms with van der Waals surface area (Å²) in [5, 5.41) is 17.8. The maximum absolute atomic E-state index is 13.0. The van der Waals surface area contributed by atoms with E-state index in [0.29, 0.717) is 22.7 Å². The molecule has 13 nitrogen and oxygen atoms in total. The van der Waals surface area contributed by atoms with Crippen molar-refractivity contribution in [2.45, 2.75) is 12.3 Å². The lowest BCUT2D eigenvalue weighted by atomic mass is 10.1. The van der Waals surface area contributed by atoms with E-state index in [1.807, 2.05) is 121 Å². The third-order valence-electron chi connectivity index (χ3n) is 10.3. The van der Waals surface area contributed by atoms with Gasteiger partial charge in [-0.15, -0.1) is 10.2 Å². The summed E-state index contributed by atoms with van der Waals surface area (Å²) in [6.45, 7) is 0. The topological polar surface area (TPSA) is 156 Å². The van der Waals surface area contributed by atoms with Crippen LogP contribution in [-0.2, 0) is 0 Å². The highest BCUT2D eigenvalue weighted by atomic mass is 79.9. The molecule has 0 amide bonds. The van der Waals surface area contributed by atoms with Crippen molar-refractivity contribution in [2.24, 2.45) is 0 Å². The third-order valence-corrected chi connectivity index (χ3v) is 11.8. The number of ether oxygens (including phenoxy) is 1. The Morgan fingerprint density at radius 2 is 0.923 bits per heavy atom. The Bertz CT molecular complexity index is 3400. The fourth-order valence-electron chi connectivity index (χ4n) is 7.16. The van der Waals surface area contributed by atoms with Crippen molar-refractivity contribution in [1.82, 2.24) is 19.6 Å². The van der Waals surface area contributed by atoms with E-state index in [1.165, 1.54) is 9.36 Å². The number of benzene rings is 6. The van der Waals surface area contributed by atoms with E-state index in [4.69, 9.17) is 46.8 Å². The van der Waals surface area contributed by atoms with E-state index >= 15 is 0 Å². The number of nitrogens with one attached hydrogen (secondary N) is 2. The standard InChI is InChI=1S/C48H30Br2N6O7S2/c49-31-11-5-9-29(23-31)41(55-47(64)62-43(53-55)37-25-27-7-1-3-13-39(27)60-45(37)57)51-33-15-19-35(20-16-33)59-36-21-17-34(18-22-36)52-42(30-10-6-12-32(50)24-30)56-48(65)63-44(54-56)38-26-28-8-2-4-14-40(28)61-46(38)58/h1-26,41-42,51-52H. The van der Waals surface area contributed by atoms with E-state index in [9.17, 15) is 9.59 Å². The SMILES string of the molecule is O=c1oc2ccccc2cc1-c1nn(C(Nc2ccc(Oc3ccc(NC(c4cccc(Br)c4)n4nc(-c5cc6ccccc6oc5=O)oc4=S)cc3)cc2)c2cccc(Br)c2)c(=S)o1. The van der Waals surface area contributed by atoms with Crippen LogP contribution in [0.1, 0.15) is 23.5 Å². The number of aromatic nitrogens is 4. The summed E-state index contributed by atoms with van der Waals surface area (Å²) in [7, 11) is 0. The molecule has 2 unspecified atom stereocenters. The minimum absolute atomic E-state index is 0.0358. The highest BCUT2D eigenvalue weighted by molar-refractivity contribution is 9.10. The van der Waals surface area contributed by atoms with Gasteiger partial charge in [-0.2, -0.15) is 9.36 Å². The Morgan fingerprint density at radius 3 is 1.34 bits per heavy atom. The van der Waals surface area contributed by atoms with Crippen LogP contribution in [0.5, 0.6) is 11.5 Å². The third kappa shape index (κ3) is 8.86. The summed E-state index contributed by atoms with van der Waals surface area (Å²) in [6.07, 6.45) is -1.26. The van der Waals surface area contributed by atoms with Gasteiger partial charge in [0.05, 0.1) is 0 Å². The molecular weight excluding hydrogens is 997 g/mol. The minimum Gasteiger partial charge on any atom is -0.457 e. The summed E-state index contributed by atoms with van der Waals surface area (Å²) >= 11 is 18.5. The lowest BCUT2D eigenvalue weighted by molar-refractivity contribution is 0.482. The zero-order valence-electron chi connectivity index (χ0n) is 33.4. The van der Waals surface area contributed by atoms with E-state index in [1.54, 1.807) is 36.4 Å². The van der Waals surface area contributed by atoms with Gasteiger partial charge < -0.3 is 33.0 Å². The fraction of sp³-hybridized carbons (Fsp3) is 0.0417. The predicted octanol–water partition coefficient (Wildman–Crippen LogP) is 12.9. The van der Waals surface area contributed by atoms with Crippen LogP contribution in [0.3, 0.4) is 0 Å². The molecule has 4 aromatic heterocycles. The van der Waals surface area contributed by atoms with Gasteiger partial charge in [-0.3, -0.25) is 0 Å². The van der Waals surface area contributed by atoms with Crippen LogP contribution in [0, 0.1) is 9.67 Å². The van der Waals surface area contributed by atoms with Gasteiger partial charge in [0.1, 0.15) is 33.8 Å². The molecule has 320 valence electrons. The molecule has 0 bridgehead atoms. The van der Waals surface area contributed by atoms with Crippen molar-refractivity contribution in [3.8, 4) is 34.4 Å². The first-order valence-corrected chi connectivity index (χ1v) is 22.2. The van der Waals surface area contributed by atoms with Crippen LogP contribution >= 0.6 is 56.3 Å². The van der Waals surface area contributed by atoms with Crippen LogP contribution < -0.4 is 26.6 Å². The number of nitrogens with zero attached hydrogens (tertiary/aromatic N) is 4. The second-order valence-electron chi connectivity index (χ2n) is 14.6. The monoisotopic (exact) mass is 1020 g/mol. The number of fused-ring (bicyclic) bond motifs is 2. The minimum atomic E-state index is -0.630. The van der Waals surface area contributed by atoms with Crippen molar-refractivity contribution in [1.29, 1.82) is 0 Å². The van der Waals surface area contributed by atoms with E-state index in [2.05, 4.69) is 52.7 Å². The van der Waals surface area contributed by atoms with Crippen LogP contribution in [-0.4, -0.2) is 19.6 Å². The maximum Gasteiger partial charge on any atom is 0.349 e. The quantitative estimate of drug-likeness (QED) is 0.0881. The lowest BCUT2D eigenvalue weighted by Crippen LogP contribution is -2.21. The van der Waals surface area contributed by atoms with Gasteiger partial charge in [-0.25, -0.2) is 9.59 Å². The summed E-state index contributed by atoms with van der Waals surface area (Å²) in [5.74, 6) is 1.25. The smallest absolute Gasteiger partial charge is 0.349 e. The molecule has 0 spiro atoms. The number of halogens is 2. The zero-order valence-corrected chi connectivity index (χ0v) is 38.2. The summed E-state index contributed by atoms with van der Waals surface area (Å²) in [5.41, 5.74) is 3.13. The first-order chi connectivity index (χ1) is 31.6. The van der Waals surface area contributed by atoms with Gasteiger partial charge in [0, 0.05) is 31.1 Å². The Labute approximate surface area is 394 Å². The fourth-order valence-corrected chi connectivity index (χ4v) is 8.44. The van der Waals surface area contributed by atoms with Crippen LogP contribution in [0.4, 0.5) is 11.4 Å². The molecule has 17 heteroatoms. The second-order valence-corrected chi connectivity index (χ2v) is 17.1. The van der Waals surface area contributed by atoms with Crippen molar-refractivity contribution in [3.05, 3.63) is 208 Å². The van der Waals surface area contributed by atoms with Crippen molar-refractivity contribution in [2.75, 3.05) is 10.6 Å². The average molecular weight is 1030 g/mol. The number of para-hydroxylation sites is 2. The molecule has 0 radical (unpaired) electrons. The van der Waals surface area contributed by atoms with Crippen LogP contribution in [0.2, 0.25) is 0 Å². The van der Waals surface area contributed by atoms with E-state index < -0.39 is 23.6 Å². The number of anilines is 2. The molecule has 0 saturated carbocycles. The van der Waals surface area contributed by atoms with Crippen LogP contribution in [0.25, 0.3) is 44.8 Å². The molecule has 65 heavy (non-hydrogen) atoms. The molecular formula is C48H30Br2N6O7S2. The van der Waals surface area contributed by atoms with Gasteiger partial charge in [-0.05, 0) is 133 Å². The summed E-state index contributed by atoms with van der Waals surface area (Å²) in [4.78, 5) is 26.1. The first-order valence-electron chi connectivity index (χ1n) is 19.8. The van der Waals surface area contributed by atoms with Gasteiger partial charge in [0.15, 0.2) is 12.3 Å². The van der Waals surface area contributed by atoms with Gasteiger partial charge in [0.25, 0.3) is 21.5 Å². The molecule has 0 aliphatic rings. The second kappa shape index (κ2) is 17.8. The molecule has 6 aromatic carbocycles. The van der Waals surface area contributed by atoms with Gasteiger partial charge >= 0.3 is 11.3 Å². The summed E-state index contributed by atoms with van der Waals surface area (Å²) in [6, 6.07) is 48.0. The molecule has 10 aromatic rings. The van der Waals surface area contributed by atoms with Crippen LogP contribution in [0.15, 0.2) is 194 Å². The largest absolute Gasteiger partial charge is 0.457 e.